The van der Waals surface area contributed by atoms with Crippen LogP contribution in [0.3, 0.4) is 0 Å². The molecule has 7 aromatic rings. The number of nitrogens with two attached hydrogens (primary N) is 3. The summed E-state index contributed by atoms with van der Waals surface area (Å²) in [5.41, 5.74) is 21.4. The molecule has 16 N–H and O–H groups in total. The number of carboxylic acid groups (broad SMARTS) is 4. The first-order valence-corrected chi connectivity index (χ1v) is 48.1. The SMILES string of the molecule is CC1(C)S[C@@H]2[C@H](NC(=O)[C@H](N)c3ccc(O)cc3)C(=O)N2[C@H]1C(=O)O.CC1(C)S[C@@H]2[C@H](NC(=O)[C@H](N)c3ccccc3)C(=O)N2[C@H]1C(=O)O.CCOC(=O)OC(C)OC(=O)[C@@H]1N2C(=O)[C@@H](NC(=O)[C@H](N)c3ccccc3)[C@H]2SC1(C)C.CCOc1ccc2ccccc2c1C(=O)N[C@@H]1C(=O)N2[C@@H]1SC(C)(C)[C@@H]2C(=O)O.Cc1onc(-c2ccccc2)c1C(=O)N[C@@H]1C(=O)N2[C@@H]1SC(C)(C)[C@@H]2C(=O)O. The number of aromatic hydroxyl groups is 1. The number of thioether (sulfide) groups is 5. The van der Waals surface area contributed by atoms with Crippen LogP contribution in [0.15, 0.2) is 156 Å². The lowest BCUT2D eigenvalue weighted by Gasteiger charge is -2.44. The van der Waals surface area contributed by atoms with Gasteiger partial charge < -0.3 is 117 Å². The van der Waals surface area contributed by atoms with Crippen LogP contribution in [0.25, 0.3) is 22.0 Å². The quantitative estimate of drug-likeness (QED) is 0.0187. The molecule has 0 saturated carbocycles. The van der Waals surface area contributed by atoms with Crippen molar-refractivity contribution in [3.8, 4) is 22.8 Å². The van der Waals surface area contributed by atoms with Crippen molar-refractivity contribution in [2.24, 2.45) is 17.2 Å². The number of phenolic OH excluding ortho intramolecular Hbond substituents is 1. The van der Waals surface area contributed by atoms with E-state index in [1.54, 1.807) is 138 Å². The van der Waals surface area contributed by atoms with Gasteiger partial charge in [0.25, 0.3) is 11.8 Å². The van der Waals surface area contributed by atoms with E-state index in [0.29, 0.717) is 46.1 Å². The number of carboxylic acids is 4. The van der Waals surface area contributed by atoms with Crippen molar-refractivity contribution < 1.29 is 126 Å². The predicted octanol–water partition coefficient (Wildman–Crippen LogP) is 6.02. The molecular formula is C93H106N14O26S5. The number of amides is 10. The zero-order chi connectivity index (χ0) is 101. The first kappa shape index (κ1) is 103. The Bertz CT molecular complexity index is 5960. The summed E-state index contributed by atoms with van der Waals surface area (Å²) >= 11 is 6.90. The Kier molecular flexibility index (Phi) is 30.1. The number of nitrogens with one attached hydrogen (secondary N) is 5. The van der Waals surface area contributed by atoms with E-state index in [-0.39, 0.29) is 41.0 Å². The molecule has 1 unspecified atom stereocenters. The fourth-order valence-electron chi connectivity index (χ4n) is 18.1. The number of phenols is 1. The highest BCUT2D eigenvalue weighted by Crippen LogP contribution is 2.56. The molecule has 6 aromatic carbocycles. The molecule has 10 amide bonds. The Morgan fingerprint density at radius 3 is 1.11 bits per heavy atom. The minimum Gasteiger partial charge on any atom is -0.508 e. The zero-order valence-corrected chi connectivity index (χ0v) is 81.2. The topological polar surface area (TPSA) is 592 Å². The number of aryl methyl sites for hydroxylation is 1. The summed E-state index contributed by atoms with van der Waals surface area (Å²) in [6, 6.07) is 32.7. The Hall–Kier alpha value is -12.7. The lowest BCUT2D eigenvalue weighted by atomic mass is 9.95. The van der Waals surface area contributed by atoms with Crippen molar-refractivity contribution in [2.75, 3.05) is 13.2 Å². The molecule has 10 fully saturated rings. The van der Waals surface area contributed by atoms with E-state index in [9.17, 15) is 102 Å². The average Bonchev–Trinajstić information content (AvgIpc) is 1.58. The molecule has 40 nitrogen and oxygen atoms in total. The first-order valence-electron chi connectivity index (χ1n) is 43.7. The normalized spacial score (nSPS) is 26.2. The second kappa shape index (κ2) is 40.4. The van der Waals surface area contributed by atoms with E-state index < -0.39 is 207 Å². The van der Waals surface area contributed by atoms with E-state index in [0.717, 1.165) is 16.3 Å². The number of esters is 1. The Morgan fingerprint density at radius 2 is 0.746 bits per heavy atom. The first-order chi connectivity index (χ1) is 64.9. The van der Waals surface area contributed by atoms with E-state index in [1.807, 2.05) is 79.7 Å². The smallest absolute Gasteiger partial charge is 0.508 e. The van der Waals surface area contributed by atoms with Crippen LogP contribution in [0.4, 0.5) is 4.79 Å². The third-order valence-corrected chi connectivity index (χ3v) is 32.5. The molecule has 0 aliphatic carbocycles. The van der Waals surface area contributed by atoms with Gasteiger partial charge in [0.2, 0.25) is 53.5 Å². The standard InChI is InChI=1S/C21H27N3O7S.C21H22N2O5S.C19H19N3O5S.C16H19N3O5S.C16H19N3O4S/c1-5-29-20(28)31-11(2)30-19(27)15-21(3,4)32-18-14(17(26)24(15)18)23-16(25)13(22)12-9-7-6-8-10-12;1-4-28-13-10-9-11-7-5-6-8-12(11)14(13)17(24)22-15-18(25)23-16(20(26)27)21(2,3)29-19(15)23;1-9-11(12(21-27-9)10-7-5-4-6-8-10)15(23)20-13-16(24)22-14(18(25)26)19(2,3)28-17(13)22;1-16(2)11(15(23)24)19-13(22)10(14(19)25-16)18-12(21)9(17)7-3-5-8(20)6-4-7;1-16(2)11(15(22)23)19-13(21)10(14(19)24-16)18-12(20)9(17)8-6-4-3-5-7-8/h6-11,13-15,18H,5,22H2,1-4H3,(H,23,25);5-10,15-16,19H,4H2,1-3H3,(H,22,24)(H,26,27);4-8,13-14,17H,1-3H3,(H,20,23)(H,25,26);3-6,9-11,14,20H,17H2,1-2H3,(H,18,21)(H,23,24);3-7,9-11,14H,17H2,1-2H3,(H,18,20)(H,22,23)/t11?,13-,14-,15+,18-;15-,16+,19-;13-,14+,17-;2*9-,10-,11+,14-/m11111/s1. The molecule has 45 heteroatoms. The number of ether oxygens (including phenoxy) is 4. The number of fused-ring (bicyclic) bond motifs is 6. The number of benzene rings is 6. The molecule has 0 radical (unpaired) electrons. The third-order valence-electron chi connectivity index (χ3n) is 24.6. The van der Waals surface area contributed by atoms with Gasteiger partial charge in [0, 0.05) is 36.2 Å². The number of carbonyl (C=O) groups is 16. The van der Waals surface area contributed by atoms with Gasteiger partial charge in [-0.1, -0.05) is 139 Å². The number of rotatable bonds is 24. The van der Waals surface area contributed by atoms with Crippen LogP contribution in [0, 0.1) is 6.92 Å². The maximum Gasteiger partial charge on any atom is 0.511 e. The fraction of sp³-hybridized carbons (Fsp3) is 0.430. The van der Waals surface area contributed by atoms with Crippen LogP contribution >= 0.6 is 58.8 Å². The number of aliphatic carboxylic acids is 4. The van der Waals surface area contributed by atoms with Gasteiger partial charge >= 0.3 is 36.0 Å². The van der Waals surface area contributed by atoms with Gasteiger partial charge in [-0.2, -0.15) is 0 Å². The van der Waals surface area contributed by atoms with Gasteiger partial charge in [-0.15, -0.1) is 58.8 Å². The fourth-order valence-corrected chi connectivity index (χ4v) is 26.2. The van der Waals surface area contributed by atoms with Crippen LogP contribution in [0.2, 0.25) is 0 Å². The summed E-state index contributed by atoms with van der Waals surface area (Å²) in [6.07, 6.45) is -2.14. The number of β-lactam (4-membered cyclic amide) rings is 5. The summed E-state index contributed by atoms with van der Waals surface area (Å²) in [5.74, 6) is -8.28. The van der Waals surface area contributed by atoms with Gasteiger partial charge in [-0.05, 0) is 136 Å². The number of aromatic nitrogens is 1. The molecule has 17 rings (SSSR count). The summed E-state index contributed by atoms with van der Waals surface area (Å²) in [4.78, 5) is 203. The number of carbonyl (C=O) groups excluding carboxylic acids is 12. The maximum atomic E-state index is 13.2. The molecule has 10 aliphatic heterocycles. The van der Waals surface area contributed by atoms with E-state index in [4.69, 9.17) is 35.9 Å². The molecule has 10 saturated heterocycles. The summed E-state index contributed by atoms with van der Waals surface area (Å²) in [7, 11) is 0. The van der Waals surface area contributed by atoms with Gasteiger partial charge in [0.1, 0.15) is 134 Å². The van der Waals surface area contributed by atoms with Crippen LogP contribution in [0.5, 0.6) is 11.5 Å². The van der Waals surface area contributed by atoms with Crippen LogP contribution in [0.1, 0.15) is 151 Å². The molecule has 1 aromatic heterocycles. The maximum absolute atomic E-state index is 13.2. The minimum absolute atomic E-state index is 0.0606. The largest absolute Gasteiger partial charge is 0.511 e. The van der Waals surface area contributed by atoms with Crippen molar-refractivity contribution in [1.82, 2.24) is 56.2 Å². The molecule has 11 heterocycles. The monoisotopic (exact) mass is 1990 g/mol. The second-order valence-corrected chi connectivity index (χ2v) is 44.9. The van der Waals surface area contributed by atoms with Crippen molar-refractivity contribution in [2.45, 2.75) is 232 Å². The Balaban J connectivity index is 0.000000146. The van der Waals surface area contributed by atoms with Gasteiger partial charge in [-0.3, -0.25) is 47.9 Å². The summed E-state index contributed by atoms with van der Waals surface area (Å²) in [5, 5.41) is 64.2. The van der Waals surface area contributed by atoms with E-state index in [1.165, 1.54) is 114 Å². The molecule has 10 aliphatic rings. The van der Waals surface area contributed by atoms with Crippen molar-refractivity contribution >= 4 is 165 Å². The van der Waals surface area contributed by atoms with Gasteiger partial charge in [0.15, 0.2) is 0 Å². The second-order valence-electron chi connectivity index (χ2n) is 36.1. The molecule has 19 atom stereocenters. The lowest BCUT2D eigenvalue weighted by Crippen LogP contribution is -2.71. The van der Waals surface area contributed by atoms with Crippen molar-refractivity contribution in [3.05, 3.63) is 185 Å². The highest BCUT2D eigenvalue weighted by atomic mass is 32.2. The third kappa shape index (κ3) is 20.1. The Morgan fingerprint density at radius 1 is 0.420 bits per heavy atom. The van der Waals surface area contributed by atoms with Crippen LogP contribution in [-0.2, 0) is 76.5 Å². The molecule has 0 bridgehead atoms. The molecule has 0 spiro atoms. The van der Waals surface area contributed by atoms with Crippen molar-refractivity contribution in [1.29, 1.82) is 0 Å². The number of nitrogens with zero attached hydrogens (tertiary/aromatic N) is 6. The average molecular weight is 2000 g/mol. The Labute approximate surface area is 812 Å². The van der Waals surface area contributed by atoms with E-state index >= 15 is 0 Å². The zero-order valence-electron chi connectivity index (χ0n) is 77.1. The number of hydrogen-bond donors (Lipinski definition) is 13. The van der Waals surface area contributed by atoms with E-state index in [2.05, 4.69) is 36.5 Å². The van der Waals surface area contributed by atoms with Crippen LogP contribution < -0.4 is 48.5 Å². The number of hydrogen-bond acceptors (Lipinski definition) is 31. The molecule has 734 valence electrons. The predicted molar refractivity (Wildman–Crippen MR) is 507 cm³/mol. The van der Waals surface area contributed by atoms with Crippen molar-refractivity contribution in [3.63, 3.8) is 0 Å². The highest BCUT2D eigenvalue weighted by molar-refractivity contribution is 8.02. The minimum atomic E-state index is -1.18. The van der Waals surface area contributed by atoms with Crippen LogP contribution in [-0.4, -0.2) is 281 Å². The highest BCUT2D eigenvalue weighted by Gasteiger charge is 2.70. The van der Waals surface area contributed by atoms with Gasteiger partial charge in [-0.25, -0.2) is 28.8 Å². The molecule has 138 heavy (non-hydrogen) atoms. The molecular weight excluding hydrogens is 1890 g/mol. The summed E-state index contributed by atoms with van der Waals surface area (Å²) in [6.45, 7) is 24.9. The van der Waals surface area contributed by atoms with Gasteiger partial charge in [0.05, 0.1) is 18.8 Å². The lowest BCUT2D eigenvalue weighted by molar-refractivity contribution is -0.180. The summed E-state index contributed by atoms with van der Waals surface area (Å²) < 4.78 is 22.4.